The number of hydrogen-bond acceptors (Lipinski definition) is 3. The number of Topliss-reactive ketones (excluding diaryl/α,β-unsaturated/α-hetero) is 1. The predicted molar refractivity (Wildman–Crippen MR) is 70.3 cm³/mol. The molecule has 0 unspecified atom stereocenters. The minimum Gasteiger partial charge on any atom is -0.491 e. The molecule has 2 rings (SSSR count). The summed E-state index contributed by atoms with van der Waals surface area (Å²) < 4.78 is 10.9. The molecule has 0 aromatic heterocycles. The number of carbonyl (C=O) groups is 1. The van der Waals surface area contributed by atoms with E-state index in [1.807, 2.05) is 12.1 Å². The van der Waals surface area contributed by atoms with Gasteiger partial charge in [-0.05, 0) is 24.6 Å². The van der Waals surface area contributed by atoms with Crippen LogP contribution in [0.5, 0.6) is 5.75 Å². The van der Waals surface area contributed by atoms with Crippen molar-refractivity contribution in [1.82, 2.24) is 0 Å². The number of halogens is 1. The van der Waals surface area contributed by atoms with Crippen LogP contribution in [0, 0.1) is 5.41 Å². The topological polar surface area (TPSA) is 35.5 Å². The summed E-state index contributed by atoms with van der Waals surface area (Å²) in [6.45, 7) is 5.74. The third kappa shape index (κ3) is 3.24. The van der Waals surface area contributed by atoms with Crippen molar-refractivity contribution in [2.24, 2.45) is 5.41 Å². The molecule has 1 fully saturated rings. The Kier molecular flexibility index (Phi) is 3.93. The van der Waals surface area contributed by atoms with Crippen LogP contribution in [0.3, 0.4) is 0 Å². The zero-order valence-corrected chi connectivity index (χ0v) is 11.4. The fraction of sp³-hybridized carbons (Fsp3) is 0.500. The van der Waals surface area contributed by atoms with Gasteiger partial charge in [0.15, 0.2) is 0 Å². The van der Waals surface area contributed by atoms with Gasteiger partial charge in [-0.25, -0.2) is 0 Å². The summed E-state index contributed by atoms with van der Waals surface area (Å²) >= 11 is 6.14. The standard InChI is InChI=1S/C14H17ClO3/c1-10(16)5-11-3-4-13(12(15)6-11)18-9-14(2)7-17-8-14/h3-4,6H,5,7-9H2,1-2H3. The molecule has 18 heavy (non-hydrogen) atoms. The third-order valence-electron chi connectivity index (χ3n) is 2.93. The summed E-state index contributed by atoms with van der Waals surface area (Å²) in [5, 5.41) is 0.553. The summed E-state index contributed by atoms with van der Waals surface area (Å²) in [6.07, 6.45) is 0.408. The molecule has 1 aliphatic heterocycles. The van der Waals surface area contributed by atoms with Gasteiger partial charge in [0.25, 0.3) is 0 Å². The highest BCUT2D eigenvalue weighted by molar-refractivity contribution is 6.32. The highest BCUT2D eigenvalue weighted by atomic mass is 35.5. The molecule has 0 spiro atoms. The summed E-state index contributed by atoms with van der Waals surface area (Å²) in [5.41, 5.74) is 1.01. The molecular formula is C14H17ClO3. The first-order valence-electron chi connectivity index (χ1n) is 5.97. The Morgan fingerprint density at radius 1 is 1.50 bits per heavy atom. The van der Waals surface area contributed by atoms with Crippen molar-refractivity contribution in [1.29, 1.82) is 0 Å². The first-order chi connectivity index (χ1) is 8.48. The van der Waals surface area contributed by atoms with Crippen LogP contribution in [0.4, 0.5) is 0 Å². The zero-order chi connectivity index (χ0) is 13.2. The van der Waals surface area contributed by atoms with Crippen molar-refractivity contribution in [2.45, 2.75) is 20.3 Å². The fourth-order valence-corrected chi connectivity index (χ4v) is 2.10. The fourth-order valence-electron chi connectivity index (χ4n) is 1.84. The molecule has 1 aliphatic rings. The van der Waals surface area contributed by atoms with Crippen LogP contribution in [0.2, 0.25) is 5.02 Å². The van der Waals surface area contributed by atoms with Crippen LogP contribution in [-0.4, -0.2) is 25.6 Å². The largest absolute Gasteiger partial charge is 0.491 e. The van der Waals surface area contributed by atoms with E-state index in [2.05, 4.69) is 6.92 Å². The van der Waals surface area contributed by atoms with E-state index in [0.29, 0.717) is 23.8 Å². The molecule has 4 heteroatoms. The maximum atomic E-state index is 11.0. The Hall–Kier alpha value is -1.06. The smallest absolute Gasteiger partial charge is 0.137 e. The highest BCUT2D eigenvalue weighted by Crippen LogP contribution is 2.31. The van der Waals surface area contributed by atoms with Gasteiger partial charge in [-0.2, -0.15) is 0 Å². The molecule has 1 saturated heterocycles. The quantitative estimate of drug-likeness (QED) is 0.824. The number of rotatable bonds is 5. The van der Waals surface area contributed by atoms with Crippen LogP contribution in [-0.2, 0) is 16.0 Å². The molecule has 1 heterocycles. The van der Waals surface area contributed by atoms with Crippen LogP contribution in [0.25, 0.3) is 0 Å². The van der Waals surface area contributed by atoms with Gasteiger partial charge in [0.05, 0.1) is 24.8 Å². The Bertz CT molecular complexity index is 452. The first-order valence-corrected chi connectivity index (χ1v) is 6.35. The Balaban J connectivity index is 1.98. The van der Waals surface area contributed by atoms with Gasteiger partial charge in [-0.3, -0.25) is 4.79 Å². The van der Waals surface area contributed by atoms with Crippen molar-refractivity contribution in [2.75, 3.05) is 19.8 Å². The molecule has 0 bridgehead atoms. The normalized spacial score (nSPS) is 17.1. The van der Waals surface area contributed by atoms with Crippen molar-refractivity contribution < 1.29 is 14.3 Å². The van der Waals surface area contributed by atoms with Crippen LogP contribution >= 0.6 is 11.6 Å². The van der Waals surface area contributed by atoms with Gasteiger partial charge < -0.3 is 9.47 Å². The zero-order valence-electron chi connectivity index (χ0n) is 10.7. The molecule has 1 aromatic carbocycles. The van der Waals surface area contributed by atoms with Gasteiger partial charge in [-0.15, -0.1) is 0 Å². The van der Waals surface area contributed by atoms with Crippen molar-refractivity contribution >= 4 is 17.4 Å². The molecule has 98 valence electrons. The van der Waals surface area contributed by atoms with Crippen LogP contribution in [0.15, 0.2) is 18.2 Å². The lowest BCUT2D eigenvalue weighted by molar-refractivity contribution is -0.120. The molecule has 1 aromatic rings. The van der Waals surface area contributed by atoms with Crippen LogP contribution in [0.1, 0.15) is 19.4 Å². The van der Waals surface area contributed by atoms with Gasteiger partial charge in [-0.1, -0.05) is 24.6 Å². The van der Waals surface area contributed by atoms with E-state index in [1.54, 1.807) is 13.0 Å². The maximum absolute atomic E-state index is 11.0. The summed E-state index contributed by atoms with van der Waals surface area (Å²) in [7, 11) is 0. The Morgan fingerprint density at radius 3 is 2.72 bits per heavy atom. The monoisotopic (exact) mass is 268 g/mol. The molecule has 0 amide bonds. The average molecular weight is 269 g/mol. The number of ether oxygens (including phenoxy) is 2. The van der Waals surface area contributed by atoms with E-state index in [4.69, 9.17) is 21.1 Å². The second-order valence-electron chi connectivity index (χ2n) is 5.24. The lowest BCUT2D eigenvalue weighted by Crippen LogP contribution is -2.44. The van der Waals surface area contributed by atoms with Gasteiger partial charge in [0.1, 0.15) is 11.5 Å². The van der Waals surface area contributed by atoms with Crippen molar-refractivity contribution in [3.05, 3.63) is 28.8 Å². The summed E-state index contributed by atoms with van der Waals surface area (Å²) in [4.78, 5) is 11.0. The molecule has 0 N–H and O–H groups in total. The Labute approximate surface area is 112 Å². The number of carbonyl (C=O) groups excluding carboxylic acids is 1. The second kappa shape index (κ2) is 5.29. The highest BCUT2D eigenvalue weighted by Gasteiger charge is 2.34. The number of hydrogen-bond donors (Lipinski definition) is 0. The van der Waals surface area contributed by atoms with Crippen LogP contribution < -0.4 is 4.74 Å². The third-order valence-corrected chi connectivity index (χ3v) is 3.22. The minimum absolute atomic E-state index is 0.0986. The van der Waals surface area contributed by atoms with Gasteiger partial charge in [0.2, 0.25) is 0 Å². The molecule has 0 atom stereocenters. The average Bonchev–Trinajstić information content (AvgIpc) is 2.24. The molecular weight excluding hydrogens is 252 g/mol. The van der Waals surface area contributed by atoms with Crippen molar-refractivity contribution in [3.63, 3.8) is 0 Å². The minimum atomic E-state index is 0.0986. The SMILES string of the molecule is CC(=O)Cc1ccc(OCC2(C)COC2)c(Cl)c1. The van der Waals surface area contributed by atoms with E-state index < -0.39 is 0 Å². The summed E-state index contributed by atoms with van der Waals surface area (Å²) in [6, 6.07) is 5.49. The second-order valence-corrected chi connectivity index (χ2v) is 5.64. The number of benzene rings is 1. The summed E-state index contributed by atoms with van der Waals surface area (Å²) in [5.74, 6) is 0.788. The van der Waals surface area contributed by atoms with E-state index in [9.17, 15) is 4.79 Å². The predicted octanol–water partition coefficient (Wildman–Crippen LogP) is 2.89. The lowest BCUT2D eigenvalue weighted by Gasteiger charge is -2.37. The lowest BCUT2D eigenvalue weighted by atomic mass is 9.90. The first kappa shape index (κ1) is 13.4. The van der Waals surface area contributed by atoms with Crippen molar-refractivity contribution in [3.8, 4) is 5.75 Å². The van der Waals surface area contributed by atoms with Gasteiger partial charge in [0, 0.05) is 11.8 Å². The maximum Gasteiger partial charge on any atom is 0.137 e. The number of ketones is 1. The van der Waals surface area contributed by atoms with Gasteiger partial charge >= 0.3 is 0 Å². The van der Waals surface area contributed by atoms with E-state index >= 15 is 0 Å². The molecule has 0 saturated carbocycles. The molecule has 0 aliphatic carbocycles. The molecule has 3 nitrogen and oxygen atoms in total. The van der Waals surface area contributed by atoms with E-state index in [1.165, 1.54) is 0 Å². The van der Waals surface area contributed by atoms with E-state index in [0.717, 1.165) is 18.8 Å². The Morgan fingerprint density at radius 2 is 2.22 bits per heavy atom. The van der Waals surface area contributed by atoms with E-state index in [-0.39, 0.29) is 11.2 Å². The molecule has 0 radical (unpaired) electrons.